The molecule has 32 nitrogen and oxygen atoms in total. The van der Waals surface area contributed by atoms with E-state index in [9.17, 15) is 83.9 Å². The summed E-state index contributed by atoms with van der Waals surface area (Å²) in [4.78, 5) is 157. The van der Waals surface area contributed by atoms with E-state index < -0.39 is 90.0 Å². The van der Waals surface area contributed by atoms with Gasteiger partial charge in [-0.05, 0) is 191 Å². The number of unbranched alkanes of at least 4 members (excludes halogenated alkanes) is 4. The number of aldehydes is 1. The fourth-order valence-electron chi connectivity index (χ4n) is 11.1. The van der Waals surface area contributed by atoms with Crippen molar-refractivity contribution in [2.45, 2.75) is 341 Å². The Kier molecular flexibility index (Phi) is 75.8. The van der Waals surface area contributed by atoms with Crippen LogP contribution in [0.25, 0.3) is 0 Å². The van der Waals surface area contributed by atoms with Gasteiger partial charge in [-0.3, -0.25) is 57.5 Å². The Morgan fingerprint density at radius 1 is 0.461 bits per heavy atom. The molecule has 0 aromatic carbocycles. The van der Waals surface area contributed by atoms with Crippen LogP contribution in [0.15, 0.2) is 0 Å². The molecule has 0 bridgehead atoms. The molecule has 4 heterocycles. The molecule has 746 valence electrons. The summed E-state index contributed by atoms with van der Waals surface area (Å²) in [6.07, 6.45) is 12.4. The van der Waals surface area contributed by atoms with Gasteiger partial charge in [0.1, 0.15) is 47.5 Å². The summed E-state index contributed by atoms with van der Waals surface area (Å²) >= 11 is 8.25. The van der Waals surface area contributed by atoms with Crippen LogP contribution in [0.4, 0.5) is 26.3 Å². The van der Waals surface area contributed by atoms with Crippen molar-refractivity contribution in [1.29, 1.82) is 0 Å². The Bertz CT molecular complexity index is 3150. The van der Waals surface area contributed by atoms with E-state index in [1.807, 2.05) is 135 Å². The maximum atomic E-state index is 12.5. The van der Waals surface area contributed by atoms with Gasteiger partial charge in [-0.25, -0.2) is 9.59 Å². The van der Waals surface area contributed by atoms with Gasteiger partial charge in [-0.15, -0.1) is 0 Å². The quantitative estimate of drug-likeness (QED) is 0.00671. The van der Waals surface area contributed by atoms with Crippen molar-refractivity contribution < 1.29 is 123 Å². The van der Waals surface area contributed by atoms with E-state index in [0.29, 0.717) is 87.9 Å². The lowest BCUT2D eigenvalue weighted by atomic mass is 10.1. The molecule has 48 heteroatoms. The minimum absolute atomic E-state index is 0.0616. The van der Waals surface area contributed by atoms with Crippen LogP contribution in [0.2, 0.25) is 0 Å². The number of aliphatic carboxylic acids is 4. The lowest BCUT2D eigenvalue weighted by molar-refractivity contribution is -0.192. The Labute approximate surface area is 793 Å². The lowest BCUT2D eigenvalue weighted by Gasteiger charge is -2.23. The van der Waals surface area contributed by atoms with E-state index in [1.54, 1.807) is 21.0 Å². The molecule has 4 saturated heterocycles. The third-order valence-electron chi connectivity index (χ3n) is 18.1. The molecule has 0 saturated carbocycles. The van der Waals surface area contributed by atoms with Gasteiger partial charge in [-0.1, -0.05) is 126 Å². The number of carbonyl (C=O) groups is 14. The van der Waals surface area contributed by atoms with Crippen LogP contribution in [0, 0.1) is 0 Å². The summed E-state index contributed by atoms with van der Waals surface area (Å²) in [6.45, 7) is 16.4. The summed E-state index contributed by atoms with van der Waals surface area (Å²) < 4.78 is 73.6. The van der Waals surface area contributed by atoms with Crippen LogP contribution < -0.4 is 65.1 Å². The molecular formula is C80H144F6N12O20S10. The number of likely N-dealkylation sites (N-methyl/N-ethyl adjacent to an activating group) is 1. The Morgan fingerprint density at radius 2 is 0.812 bits per heavy atom. The number of carboxylic acids is 4. The number of rotatable bonds is 53. The highest BCUT2D eigenvalue weighted by atomic mass is 33.1. The molecule has 128 heavy (non-hydrogen) atoms. The van der Waals surface area contributed by atoms with Crippen LogP contribution in [0.3, 0.4) is 0 Å². The monoisotopic (exact) mass is 2030 g/mol. The average molecular weight is 2030 g/mol. The molecule has 4 aliphatic rings. The molecule has 12 unspecified atom stereocenters. The number of amides is 7. The summed E-state index contributed by atoms with van der Waals surface area (Å²) in [5.74, 6) is -2.16. The first-order chi connectivity index (χ1) is 60.0. The van der Waals surface area contributed by atoms with Crippen molar-refractivity contribution in [2.75, 3.05) is 74.8 Å². The van der Waals surface area contributed by atoms with Crippen molar-refractivity contribution in [3.63, 3.8) is 0 Å². The number of halogens is 6. The van der Waals surface area contributed by atoms with Gasteiger partial charge in [0.15, 0.2) is 0 Å². The fraction of sp³-hybridized carbons (Fsp3) is 0.825. The Morgan fingerprint density at radius 3 is 1.10 bits per heavy atom. The second-order valence-corrected chi connectivity index (χ2v) is 43.6. The number of nitrogens with two attached hydrogens (primary N) is 3. The zero-order valence-corrected chi connectivity index (χ0v) is 83.6. The van der Waals surface area contributed by atoms with Gasteiger partial charge >= 0.3 is 48.2 Å². The second-order valence-electron chi connectivity index (χ2n) is 31.7. The first kappa shape index (κ1) is 128. The number of hydrogen-bond acceptors (Lipinski definition) is 31. The summed E-state index contributed by atoms with van der Waals surface area (Å²) in [7, 11) is 19.1. The number of alkyl halides is 6. The van der Waals surface area contributed by atoms with E-state index in [0.717, 1.165) is 87.5 Å². The first-order valence-corrected chi connectivity index (χ1v) is 53.7. The Hall–Kier alpha value is -4.34. The maximum Gasteiger partial charge on any atom is 0.490 e. The number of thiol groups is 2. The van der Waals surface area contributed by atoms with Crippen LogP contribution >= 0.6 is 112 Å². The molecular weight excluding hydrogens is 1880 g/mol. The highest BCUT2D eigenvalue weighted by Crippen LogP contribution is 2.42. The largest absolute Gasteiger partial charge is 0.490 e. The van der Waals surface area contributed by atoms with Gasteiger partial charge in [0.25, 0.3) is 0 Å². The Balaban J connectivity index is -0.00000150. The minimum atomic E-state index is -5.08. The van der Waals surface area contributed by atoms with E-state index in [4.69, 9.17) is 56.7 Å². The molecule has 0 spiro atoms. The summed E-state index contributed by atoms with van der Waals surface area (Å²) in [6, 6.07) is -4.38. The predicted octanol–water partition coefficient (Wildman–Crippen LogP) is 11.0. The van der Waals surface area contributed by atoms with Crippen LogP contribution in [0.1, 0.15) is 248 Å². The molecule has 0 aliphatic carbocycles. The number of esters is 2. The molecule has 0 aromatic rings. The van der Waals surface area contributed by atoms with Gasteiger partial charge in [-0.2, -0.15) is 51.6 Å². The number of carbonyl (C=O) groups excluding carboxylic acids is 10. The molecule has 4 fully saturated rings. The van der Waals surface area contributed by atoms with Crippen LogP contribution in [-0.2, 0) is 76.6 Å². The minimum Gasteiger partial charge on any atom is -0.481 e. The van der Waals surface area contributed by atoms with Crippen molar-refractivity contribution in [1.82, 2.24) is 47.9 Å². The lowest BCUT2D eigenvalue weighted by Crippen LogP contribution is -2.48. The predicted molar refractivity (Wildman–Crippen MR) is 511 cm³/mol. The van der Waals surface area contributed by atoms with Gasteiger partial charge in [0.05, 0.1) is 12.8 Å². The van der Waals surface area contributed by atoms with Gasteiger partial charge in [0.2, 0.25) is 47.6 Å². The first-order valence-electron chi connectivity index (χ1n) is 42.9. The fourth-order valence-corrected chi connectivity index (χ4v) is 23.8. The zero-order valence-electron chi connectivity index (χ0n) is 75.3. The normalized spacial score (nSPS) is 17.7. The van der Waals surface area contributed by atoms with E-state index in [1.165, 1.54) is 61.5 Å². The number of hydrogen-bond donors (Lipinski definition) is 18. The number of nitrogens with one attached hydrogen (secondary N) is 9. The van der Waals surface area contributed by atoms with Crippen molar-refractivity contribution in [3.8, 4) is 0 Å². The molecule has 4 rings (SSSR count). The summed E-state index contributed by atoms with van der Waals surface area (Å²) in [5, 5.41) is 61.3. The summed E-state index contributed by atoms with van der Waals surface area (Å²) in [5.41, 5.74) is 15.5. The van der Waals surface area contributed by atoms with Gasteiger partial charge < -0.3 is 95.0 Å². The molecule has 7 amide bonds. The second kappa shape index (κ2) is 75.9. The topological polar surface area (TPSA) is 525 Å². The molecule has 4 aliphatic heterocycles. The molecule has 0 aromatic heterocycles. The van der Waals surface area contributed by atoms with Crippen molar-refractivity contribution in [3.05, 3.63) is 0 Å². The maximum absolute atomic E-state index is 12.5. The average Bonchev–Trinajstić information content (AvgIpc) is 1.70. The SMILES string of the molecule is CCC(NC(=O)CCCCC1CCSS1)C(=O)NCCC(CC(=O)OC(C)(C)C)NC.CCC(NC(=O)CCCCC1CCSS1)C(=O)O.CNC(CCCN)C(=O)OC(C)(C)C.NC(CCCNC(=O)C(CS)NC(=O)CCCCC1CCSS1)C(=O)O.NC(CCNC(=O)C(CS)NC(=O)CCCCC1CCSS1)CC(=O)O.O=C(O)C(F)(F)F.O=CC(F)(F)F. The van der Waals surface area contributed by atoms with Crippen molar-refractivity contribution >= 4 is 195 Å². The number of carboxylic acid groups (broad SMARTS) is 4. The third-order valence-corrected chi connectivity index (χ3v) is 30.9. The third kappa shape index (κ3) is 75.0. The zero-order chi connectivity index (χ0) is 97.9. The van der Waals surface area contributed by atoms with Crippen LogP contribution in [-0.4, -0.2) is 272 Å². The van der Waals surface area contributed by atoms with E-state index in [-0.39, 0.29) is 103 Å². The smallest absolute Gasteiger partial charge is 0.481 e. The van der Waals surface area contributed by atoms with Crippen molar-refractivity contribution in [2.24, 2.45) is 17.2 Å². The number of ether oxygens (including phenoxy) is 2. The molecule has 0 radical (unpaired) electrons. The highest BCUT2D eigenvalue weighted by Gasteiger charge is 2.38. The highest BCUT2D eigenvalue weighted by molar-refractivity contribution is 8.78. The van der Waals surface area contributed by atoms with Gasteiger partial charge in [0, 0.05) is 113 Å². The molecule has 12 atom stereocenters. The van der Waals surface area contributed by atoms with E-state index in [2.05, 4.69) is 73.1 Å². The van der Waals surface area contributed by atoms with E-state index >= 15 is 0 Å². The van der Waals surface area contributed by atoms with Crippen LogP contribution in [0.5, 0.6) is 0 Å². The standard InChI is InChI=1S/C22H41N3O4S2.2C16H29N3O4S3.C12H21NO3S2.C10H22N2O2.C2HF3O2.C2HF3O/c1-6-18(25-19(26)10-8-7-9-17-12-14-30-31-17)21(28)24-13-11-16(23-5)15-20(27)29-22(2,3)4;17-12(16(22)23)5-3-8-18-15(21)13(10-24)19-14(20)6-2-1-4-11-7-9-25-26-11;17-11(9-15(21)22)5-7-18-16(23)13(10-24)19-14(20)4-2-1-3-12-6-8-25-26-12;1-2-10(12(15)16)13-11(14)6-4-3-5-9-7-8-17-18-9;1-10(2,3)14-9(13)8(12-4)6-5-7-11;3-2(4,5)1(6)7;3-2(4,5)1-6/h16-18,23H,6-15H2,1-5H3,(H,24,28)(H,25,26);11-13,24H,1-10,17H2,(H,18,21)(H,19,20)(H,22,23);11-13,24H,1-10,17H2,(H,18,23)(H,19,20)(H,21,22);9-10H,2-8H2,1H3,(H,13,14)(H,15,16);8,12H,5-7,11H2,1-4H3;(H,6,7);1H. The molecule has 19 N–H and O–H groups in total.